The van der Waals surface area contributed by atoms with Crippen molar-refractivity contribution < 1.29 is 4.79 Å². The van der Waals surface area contributed by atoms with Gasteiger partial charge in [0, 0.05) is 51.4 Å². The molecule has 4 nitrogen and oxygen atoms in total. The van der Waals surface area contributed by atoms with Crippen LogP contribution in [0.3, 0.4) is 0 Å². The summed E-state index contributed by atoms with van der Waals surface area (Å²) in [5, 5.41) is 0. The van der Waals surface area contributed by atoms with Gasteiger partial charge in [-0.05, 0) is 44.0 Å². The number of piperazine rings is 1. The summed E-state index contributed by atoms with van der Waals surface area (Å²) in [6, 6.07) is 8.79. The van der Waals surface area contributed by atoms with Crippen LogP contribution in [-0.4, -0.2) is 62.0 Å². The summed E-state index contributed by atoms with van der Waals surface area (Å²) >= 11 is 0. The molecule has 0 aliphatic carbocycles. The SMILES string of the molecule is CN1CCN(C(=O)CCc2ccc(N3CCCC3)cc2)CC1. The largest absolute Gasteiger partial charge is 0.372 e. The highest BCUT2D eigenvalue weighted by Crippen LogP contribution is 2.21. The zero-order chi connectivity index (χ0) is 15.4. The molecule has 1 amide bonds. The summed E-state index contributed by atoms with van der Waals surface area (Å²) in [4.78, 5) is 19.0. The number of nitrogens with zero attached hydrogens (tertiary/aromatic N) is 3. The summed E-state index contributed by atoms with van der Waals surface area (Å²) in [6.45, 7) is 6.11. The zero-order valence-corrected chi connectivity index (χ0v) is 13.6. The van der Waals surface area contributed by atoms with E-state index in [9.17, 15) is 4.79 Å². The Labute approximate surface area is 133 Å². The van der Waals surface area contributed by atoms with Crippen LogP contribution in [0, 0.1) is 0 Å². The molecule has 1 aromatic rings. The van der Waals surface area contributed by atoms with Gasteiger partial charge in [-0.25, -0.2) is 0 Å². The van der Waals surface area contributed by atoms with Gasteiger partial charge in [0.15, 0.2) is 0 Å². The minimum Gasteiger partial charge on any atom is -0.372 e. The molecule has 0 unspecified atom stereocenters. The van der Waals surface area contributed by atoms with Gasteiger partial charge in [0.05, 0.1) is 0 Å². The number of aryl methyl sites for hydroxylation is 1. The van der Waals surface area contributed by atoms with Gasteiger partial charge >= 0.3 is 0 Å². The molecular weight excluding hydrogens is 274 g/mol. The van der Waals surface area contributed by atoms with Gasteiger partial charge in [0.1, 0.15) is 0 Å². The lowest BCUT2D eigenvalue weighted by Gasteiger charge is -2.32. The Morgan fingerprint density at radius 3 is 2.23 bits per heavy atom. The number of hydrogen-bond acceptors (Lipinski definition) is 3. The molecule has 120 valence electrons. The minimum absolute atomic E-state index is 0.303. The predicted molar refractivity (Wildman–Crippen MR) is 90.3 cm³/mol. The van der Waals surface area contributed by atoms with Crippen molar-refractivity contribution in [3.8, 4) is 0 Å². The van der Waals surface area contributed by atoms with Crippen LogP contribution >= 0.6 is 0 Å². The molecule has 2 aliphatic heterocycles. The smallest absolute Gasteiger partial charge is 0.222 e. The van der Waals surface area contributed by atoms with Crippen LogP contribution in [0.4, 0.5) is 5.69 Å². The molecule has 0 bridgehead atoms. The van der Waals surface area contributed by atoms with Gasteiger partial charge in [-0.2, -0.15) is 0 Å². The van der Waals surface area contributed by atoms with Crippen LogP contribution < -0.4 is 4.90 Å². The van der Waals surface area contributed by atoms with Gasteiger partial charge in [0.2, 0.25) is 5.91 Å². The topological polar surface area (TPSA) is 26.8 Å². The third kappa shape index (κ3) is 3.80. The molecule has 2 fully saturated rings. The third-order valence-electron chi connectivity index (χ3n) is 4.89. The maximum absolute atomic E-state index is 12.3. The summed E-state index contributed by atoms with van der Waals surface area (Å²) < 4.78 is 0. The standard InChI is InChI=1S/C18H27N3O/c1-19-12-14-21(15-13-19)18(22)9-6-16-4-7-17(8-5-16)20-10-2-3-11-20/h4-5,7-8H,2-3,6,9-15H2,1H3. The number of rotatable bonds is 4. The van der Waals surface area contributed by atoms with Crippen LogP contribution in [0.5, 0.6) is 0 Å². The van der Waals surface area contributed by atoms with Crippen molar-refractivity contribution in [1.82, 2.24) is 9.80 Å². The average molecular weight is 301 g/mol. The second-order valence-electron chi connectivity index (χ2n) is 6.54. The maximum atomic E-state index is 12.3. The van der Waals surface area contributed by atoms with E-state index in [4.69, 9.17) is 0 Å². The van der Waals surface area contributed by atoms with Gasteiger partial charge in [0.25, 0.3) is 0 Å². The highest BCUT2D eigenvalue weighted by Gasteiger charge is 2.18. The Kier molecular flexibility index (Phi) is 4.98. The molecule has 0 radical (unpaired) electrons. The lowest BCUT2D eigenvalue weighted by Crippen LogP contribution is -2.47. The van der Waals surface area contributed by atoms with E-state index in [-0.39, 0.29) is 0 Å². The van der Waals surface area contributed by atoms with Gasteiger partial charge in [-0.1, -0.05) is 12.1 Å². The molecule has 1 aromatic carbocycles. The number of anilines is 1. The van der Waals surface area contributed by atoms with Crippen LogP contribution in [0.15, 0.2) is 24.3 Å². The van der Waals surface area contributed by atoms with E-state index in [1.807, 2.05) is 4.90 Å². The number of carbonyl (C=O) groups is 1. The molecule has 0 spiro atoms. The third-order valence-corrected chi connectivity index (χ3v) is 4.89. The van der Waals surface area contributed by atoms with E-state index in [1.54, 1.807) is 0 Å². The Morgan fingerprint density at radius 1 is 0.955 bits per heavy atom. The molecule has 4 heteroatoms. The minimum atomic E-state index is 0.303. The molecule has 22 heavy (non-hydrogen) atoms. The first kappa shape index (κ1) is 15.3. The highest BCUT2D eigenvalue weighted by molar-refractivity contribution is 5.76. The second kappa shape index (κ2) is 7.14. The normalized spacial score (nSPS) is 19.7. The Bertz CT molecular complexity index is 486. The number of benzene rings is 1. The summed E-state index contributed by atoms with van der Waals surface area (Å²) in [5.74, 6) is 0.303. The Balaban J connectivity index is 1.47. The summed E-state index contributed by atoms with van der Waals surface area (Å²) in [6.07, 6.45) is 4.10. The van der Waals surface area contributed by atoms with E-state index >= 15 is 0 Å². The second-order valence-corrected chi connectivity index (χ2v) is 6.54. The number of hydrogen-bond donors (Lipinski definition) is 0. The van der Waals surface area contributed by atoms with Crippen molar-refractivity contribution in [3.05, 3.63) is 29.8 Å². The Morgan fingerprint density at radius 2 is 1.59 bits per heavy atom. The first-order chi connectivity index (χ1) is 10.7. The highest BCUT2D eigenvalue weighted by atomic mass is 16.2. The average Bonchev–Trinajstić information content (AvgIpc) is 3.08. The van der Waals surface area contributed by atoms with Crippen molar-refractivity contribution in [2.45, 2.75) is 25.7 Å². The van der Waals surface area contributed by atoms with Gasteiger partial charge < -0.3 is 14.7 Å². The van der Waals surface area contributed by atoms with Crippen molar-refractivity contribution in [3.63, 3.8) is 0 Å². The Hall–Kier alpha value is -1.55. The lowest BCUT2D eigenvalue weighted by molar-refractivity contribution is -0.132. The van der Waals surface area contributed by atoms with Crippen molar-refractivity contribution in [2.75, 3.05) is 51.2 Å². The molecule has 3 rings (SSSR count). The van der Waals surface area contributed by atoms with Crippen molar-refractivity contribution in [2.24, 2.45) is 0 Å². The predicted octanol–water partition coefficient (Wildman–Crippen LogP) is 1.99. The molecule has 2 heterocycles. The first-order valence-electron chi connectivity index (χ1n) is 8.52. The quantitative estimate of drug-likeness (QED) is 0.851. The maximum Gasteiger partial charge on any atom is 0.222 e. The van der Waals surface area contributed by atoms with Crippen LogP contribution in [0.1, 0.15) is 24.8 Å². The molecule has 2 aliphatic rings. The van der Waals surface area contributed by atoms with E-state index in [0.29, 0.717) is 12.3 Å². The zero-order valence-electron chi connectivity index (χ0n) is 13.6. The number of amides is 1. The summed E-state index contributed by atoms with van der Waals surface area (Å²) in [7, 11) is 2.11. The van der Waals surface area contributed by atoms with E-state index in [1.165, 1.54) is 37.2 Å². The van der Waals surface area contributed by atoms with Crippen LogP contribution in [0.25, 0.3) is 0 Å². The van der Waals surface area contributed by atoms with Crippen LogP contribution in [-0.2, 0) is 11.2 Å². The fourth-order valence-electron chi connectivity index (χ4n) is 3.31. The molecule has 2 saturated heterocycles. The molecule has 0 atom stereocenters. The lowest BCUT2D eigenvalue weighted by atomic mass is 10.1. The van der Waals surface area contributed by atoms with Crippen LogP contribution in [0.2, 0.25) is 0 Å². The monoisotopic (exact) mass is 301 g/mol. The molecule has 0 N–H and O–H groups in total. The number of carbonyl (C=O) groups excluding carboxylic acids is 1. The number of likely N-dealkylation sites (N-methyl/N-ethyl adjacent to an activating group) is 1. The summed E-state index contributed by atoms with van der Waals surface area (Å²) in [5.41, 5.74) is 2.59. The van der Waals surface area contributed by atoms with Gasteiger partial charge in [-0.15, -0.1) is 0 Å². The van der Waals surface area contributed by atoms with Crippen molar-refractivity contribution >= 4 is 11.6 Å². The molecule has 0 aromatic heterocycles. The first-order valence-corrected chi connectivity index (χ1v) is 8.52. The fourth-order valence-corrected chi connectivity index (χ4v) is 3.31. The molecular formula is C18H27N3O. The fraction of sp³-hybridized carbons (Fsp3) is 0.611. The van der Waals surface area contributed by atoms with Gasteiger partial charge in [-0.3, -0.25) is 4.79 Å². The van der Waals surface area contributed by atoms with E-state index in [0.717, 1.165) is 32.6 Å². The van der Waals surface area contributed by atoms with E-state index in [2.05, 4.69) is 41.1 Å². The van der Waals surface area contributed by atoms with Crippen molar-refractivity contribution in [1.29, 1.82) is 0 Å². The molecule has 0 saturated carbocycles. The van der Waals surface area contributed by atoms with E-state index < -0.39 is 0 Å².